The zero-order valence-electron chi connectivity index (χ0n) is 13.9. The van der Waals surface area contributed by atoms with Crippen molar-refractivity contribution in [1.29, 1.82) is 0 Å². The molecule has 0 aromatic heterocycles. The third-order valence-corrected chi connectivity index (χ3v) is 2.88. The van der Waals surface area contributed by atoms with Crippen molar-refractivity contribution in [3.05, 3.63) is 25.3 Å². The Kier molecular flexibility index (Phi) is 15.8. The second-order valence-electron chi connectivity index (χ2n) is 4.81. The quantitative estimate of drug-likeness (QED) is 0.325. The Bertz CT molecular complexity index is 312. The van der Waals surface area contributed by atoms with Gasteiger partial charge in [-0.3, -0.25) is 9.59 Å². The molecule has 0 spiro atoms. The number of ketones is 1. The first kappa shape index (κ1) is 21.5. The summed E-state index contributed by atoms with van der Waals surface area (Å²) < 4.78 is 16.1. The molecule has 0 aliphatic rings. The van der Waals surface area contributed by atoms with Crippen LogP contribution < -0.4 is 5.32 Å². The largest absolute Gasteiger partial charge is 0.379 e. The SMILES string of the molecule is C=CC(=O)CCCCOCCOCCOCCCNC(=O)C=C. The summed E-state index contributed by atoms with van der Waals surface area (Å²) in [5.74, 6) is -0.0861. The molecule has 0 fully saturated rings. The fraction of sp³-hybridized carbons (Fsp3) is 0.647. The Labute approximate surface area is 138 Å². The summed E-state index contributed by atoms with van der Waals surface area (Å²) >= 11 is 0. The summed E-state index contributed by atoms with van der Waals surface area (Å²) in [7, 11) is 0. The highest BCUT2D eigenvalue weighted by Gasteiger charge is 1.96. The van der Waals surface area contributed by atoms with E-state index in [1.165, 1.54) is 12.2 Å². The van der Waals surface area contributed by atoms with E-state index in [0.29, 0.717) is 52.6 Å². The first-order valence-electron chi connectivity index (χ1n) is 7.99. The smallest absolute Gasteiger partial charge is 0.243 e. The second kappa shape index (κ2) is 16.9. The van der Waals surface area contributed by atoms with Gasteiger partial charge in [-0.2, -0.15) is 0 Å². The Morgan fingerprint density at radius 3 is 1.91 bits per heavy atom. The van der Waals surface area contributed by atoms with E-state index in [2.05, 4.69) is 18.5 Å². The molecule has 0 heterocycles. The topological polar surface area (TPSA) is 73.9 Å². The number of rotatable bonds is 17. The Morgan fingerprint density at radius 2 is 1.35 bits per heavy atom. The predicted molar refractivity (Wildman–Crippen MR) is 89.3 cm³/mol. The number of unbranched alkanes of at least 4 members (excludes halogenated alkanes) is 1. The average Bonchev–Trinajstić information content (AvgIpc) is 2.57. The van der Waals surface area contributed by atoms with E-state index in [9.17, 15) is 9.59 Å². The number of hydrogen-bond donors (Lipinski definition) is 1. The Morgan fingerprint density at radius 1 is 0.783 bits per heavy atom. The van der Waals surface area contributed by atoms with Crippen LogP contribution in [0.25, 0.3) is 0 Å². The van der Waals surface area contributed by atoms with E-state index in [1.807, 2.05) is 0 Å². The number of nitrogens with one attached hydrogen (secondary N) is 1. The normalized spacial score (nSPS) is 10.3. The zero-order valence-corrected chi connectivity index (χ0v) is 13.9. The lowest BCUT2D eigenvalue weighted by molar-refractivity contribution is -0.116. The Hall–Kier alpha value is -1.50. The maximum absolute atomic E-state index is 11.0. The van der Waals surface area contributed by atoms with Gasteiger partial charge in [0.2, 0.25) is 5.91 Å². The van der Waals surface area contributed by atoms with Crippen molar-refractivity contribution < 1.29 is 23.8 Å². The summed E-state index contributed by atoms with van der Waals surface area (Å²) in [6.07, 6.45) is 5.60. The van der Waals surface area contributed by atoms with Gasteiger partial charge in [-0.1, -0.05) is 13.2 Å². The summed E-state index contributed by atoms with van der Waals surface area (Å²) in [5, 5.41) is 2.67. The molecule has 0 saturated heterocycles. The maximum atomic E-state index is 11.0. The third-order valence-electron chi connectivity index (χ3n) is 2.88. The van der Waals surface area contributed by atoms with Crippen LogP contribution in [-0.4, -0.2) is 57.9 Å². The fourth-order valence-electron chi connectivity index (χ4n) is 1.61. The zero-order chi connectivity index (χ0) is 17.2. The van der Waals surface area contributed by atoms with Crippen LogP contribution >= 0.6 is 0 Å². The molecule has 1 N–H and O–H groups in total. The molecule has 0 atom stereocenters. The van der Waals surface area contributed by atoms with Gasteiger partial charge in [-0.25, -0.2) is 0 Å². The number of ether oxygens (including phenoxy) is 3. The van der Waals surface area contributed by atoms with Crippen molar-refractivity contribution in [3.63, 3.8) is 0 Å². The van der Waals surface area contributed by atoms with Crippen LogP contribution in [0, 0.1) is 0 Å². The minimum atomic E-state index is -0.166. The van der Waals surface area contributed by atoms with E-state index < -0.39 is 0 Å². The summed E-state index contributed by atoms with van der Waals surface area (Å²) in [6, 6.07) is 0. The van der Waals surface area contributed by atoms with Crippen LogP contribution in [0.1, 0.15) is 25.7 Å². The maximum Gasteiger partial charge on any atom is 0.243 e. The number of amides is 1. The van der Waals surface area contributed by atoms with E-state index in [-0.39, 0.29) is 11.7 Å². The highest BCUT2D eigenvalue weighted by atomic mass is 16.5. The van der Waals surface area contributed by atoms with Crippen LogP contribution in [0.3, 0.4) is 0 Å². The summed E-state index contributed by atoms with van der Waals surface area (Å²) in [6.45, 7) is 10.7. The van der Waals surface area contributed by atoms with E-state index in [1.54, 1.807) is 0 Å². The molecule has 0 unspecified atom stereocenters. The average molecular weight is 327 g/mol. The molecule has 23 heavy (non-hydrogen) atoms. The fourth-order valence-corrected chi connectivity index (χ4v) is 1.61. The standard InChI is InChI=1S/C17H29NO5/c1-3-16(19)8-5-6-10-21-12-14-23-15-13-22-11-7-9-18-17(20)4-2/h3-4H,1-2,5-15H2,(H,18,20). The lowest BCUT2D eigenvalue weighted by Crippen LogP contribution is -2.23. The van der Waals surface area contributed by atoms with Gasteiger partial charge in [-0.05, 0) is 31.4 Å². The van der Waals surface area contributed by atoms with Crippen LogP contribution in [0.4, 0.5) is 0 Å². The molecule has 0 aromatic rings. The first-order valence-corrected chi connectivity index (χ1v) is 7.99. The third kappa shape index (κ3) is 16.7. The van der Waals surface area contributed by atoms with Gasteiger partial charge in [0.15, 0.2) is 5.78 Å². The van der Waals surface area contributed by atoms with Crippen molar-refractivity contribution in [3.8, 4) is 0 Å². The minimum absolute atomic E-state index is 0.0800. The highest BCUT2D eigenvalue weighted by Crippen LogP contribution is 1.97. The lowest BCUT2D eigenvalue weighted by atomic mass is 10.2. The molecule has 0 aliphatic heterocycles. The van der Waals surface area contributed by atoms with Crippen molar-refractivity contribution >= 4 is 11.7 Å². The minimum Gasteiger partial charge on any atom is -0.379 e. The number of allylic oxidation sites excluding steroid dienone is 1. The van der Waals surface area contributed by atoms with Gasteiger partial charge in [0.1, 0.15) is 0 Å². The van der Waals surface area contributed by atoms with E-state index in [0.717, 1.165) is 19.3 Å². The summed E-state index contributed by atoms with van der Waals surface area (Å²) in [5.41, 5.74) is 0. The molecule has 0 radical (unpaired) electrons. The van der Waals surface area contributed by atoms with Gasteiger partial charge in [0.05, 0.1) is 26.4 Å². The summed E-state index contributed by atoms with van der Waals surface area (Å²) in [4.78, 5) is 21.8. The molecular weight excluding hydrogens is 298 g/mol. The molecule has 0 saturated carbocycles. The monoisotopic (exact) mass is 327 g/mol. The molecule has 0 aromatic carbocycles. The molecule has 6 nitrogen and oxygen atoms in total. The molecule has 6 heteroatoms. The molecule has 0 rings (SSSR count). The lowest BCUT2D eigenvalue weighted by Gasteiger charge is -2.07. The van der Waals surface area contributed by atoms with Crippen LogP contribution in [0.2, 0.25) is 0 Å². The second-order valence-corrected chi connectivity index (χ2v) is 4.81. The molecule has 1 amide bonds. The van der Waals surface area contributed by atoms with Crippen LogP contribution in [0.15, 0.2) is 25.3 Å². The molecule has 0 aliphatic carbocycles. The van der Waals surface area contributed by atoms with Crippen molar-refractivity contribution in [1.82, 2.24) is 5.32 Å². The van der Waals surface area contributed by atoms with Crippen molar-refractivity contribution in [2.24, 2.45) is 0 Å². The highest BCUT2D eigenvalue weighted by molar-refractivity contribution is 5.88. The predicted octanol–water partition coefficient (Wildman–Crippen LogP) is 1.65. The van der Waals surface area contributed by atoms with Gasteiger partial charge in [0, 0.05) is 26.2 Å². The van der Waals surface area contributed by atoms with Gasteiger partial charge in [-0.15, -0.1) is 0 Å². The van der Waals surface area contributed by atoms with E-state index in [4.69, 9.17) is 14.2 Å². The van der Waals surface area contributed by atoms with Crippen LogP contribution in [0.5, 0.6) is 0 Å². The Balaban J connectivity index is 3.08. The van der Waals surface area contributed by atoms with Gasteiger partial charge < -0.3 is 19.5 Å². The molecule has 0 bridgehead atoms. The van der Waals surface area contributed by atoms with Crippen LogP contribution in [-0.2, 0) is 23.8 Å². The van der Waals surface area contributed by atoms with Crippen molar-refractivity contribution in [2.75, 3.05) is 46.2 Å². The van der Waals surface area contributed by atoms with Gasteiger partial charge in [0.25, 0.3) is 0 Å². The van der Waals surface area contributed by atoms with Gasteiger partial charge >= 0.3 is 0 Å². The number of carbonyl (C=O) groups is 2. The number of carbonyl (C=O) groups excluding carboxylic acids is 2. The van der Waals surface area contributed by atoms with E-state index >= 15 is 0 Å². The van der Waals surface area contributed by atoms with Crippen molar-refractivity contribution in [2.45, 2.75) is 25.7 Å². The first-order chi connectivity index (χ1) is 11.2. The molecular formula is C17H29NO5. The number of hydrogen-bond acceptors (Lipinski definition) is 5. The molecule has 132 valence electrons.